The molecule has 1 saturated heterocycles. The SMILES string of the molecule is O=C(NCC1(c2cccs2)CCOCC1)c1ccc(Cl)c([N+](=O)[O-])c1. The standard InChI is InChI=1S/C17H17ClN2O4S/c18-13-4-3-12(10-14(13)20(22)23)16(21)19-11-17(5-7-24-8-6-17)15-2-1-9-25-15/h1-4,9-10H,5-8,11H2,(H,19,21). The third kappa shape index (κ3) is 3.84. The quantitative estimate of drug-likeness (QED) is 0.632. The fourth-order valence-electron chi connectivity index (χ4n) is 3.00. The molecule has 132 valence electrons. The van der Waals surface area contributed by atoms with E-state index in [1.165, 1.54) is 23.1 Å². The highest BCUT2D eigenvalue weighted by molar-refractivity contribution is 7.10. The lowest BCUT2D eigenvalue weighted by Crippen LogP contribution is -2.44. The maximum atomic E-state index is 12.5. The number of carbonyl (C=O) groups is 1. The minimum Gasteiger partial charge on any atom is -0.381 e. The van der Waals surface area contributed by atoms with Crippen LogP contribution in [0.25, 0.3) is 0 Å². The molecule has 0 bridgehead atoms. The number of benzene rings is 1. The predicted octanol–water partition coefficient (Wildman–Crippen LogP) is 3.79. The monoisotopic (exact) mass is 380 g/mol. The van der Waals surface area contributed by atoms with Crippen LogP contribution in [0.5, 0.6) is 0 Å². The van der Waals surface area contributed by atoms with Crippen molar-refractivity contribution in [2.24, 2.45) is 0 Å². The smallest absolute Gasteiger partial charge is 0.288 e. The van der Waals surface area contributed by atoms with Gasteiger partial charge in [-0.15, -0.1) is 11.3 Å². The van der Waals surface area contributed by atoms with Gasteiger partial charge in [-0.2, -0.15) is 0 Å². The summed E-state index contributed by atoms with van der Waals surface area (Å²) < 4.78 is 5.47. The van der Waals surface area contributed by atoms with Gasteiger partial charge < -0.3 is 10.1 Å². The van der Waals surface area contributed by atoms with Crippen LogP contribution in [0.3, 0.4) is 0 Å². The summed E-state index contributed by atoms with van der Waals surface area (Å²) in [4.78, 5) is 24.1. The van der Waals surface area contributed by atoms with Gasteiger partial charge in [-0.3, -0.25) is 14.9 Å². The van der Waals surface area contributed by atoms with E-state index in [0.29, 0.717) is 19.8 Å². The topological polar surface area (TPSA) is 81.5 Å². The number of amides is 1. The minimum atomic E-state index is -0.593. The Morgan fingerprint density at radius 1 is 1.36 bits per heavy atom. The Labute approximate surface area is 153 Å². The van der Waals surface area contributed by atoms with Crippen LogP contribution in [0.4, 0.5) is 5.69 Å². The molecule has 25 heavy (non-hydrogen) atoms. The van der Waals surface area contributed by atoms with E-state index in [4.69, 9.17) is 16.3 Å². The predicted molar refractivity (Wildman–Crippen MR) is 96.5 cm³/mol. The highest BCUT2D eigenvalue weighted by Crippen LogP contribution is 2.37. The van der Waals surface area contributed by atoms with Crippen molar-refractivity contribution in [1.82, 2.24) is 5.32 Å². The molecule has 2 aromatic rings. The molecule has 2 heterocycles. The number of hydrogen-bond donors (Lipinski definition) is 1. The number of rotatable bonds is 5. The molecule has 0 saturated carbocycles. The molecule has 6 nitrogen and oxygen atoms in total. The van der Waals surface area contributed by atoms with Gasteiger partial charge >= 0.3 is 0 Å². The second-order valence-electron chi connectivity index (χ2n) is 5.98. The van der Waals surface area contributed by atoms with Gasteiger partial charge in [-0.25, -0.2) is 0 Å². The van der Waals surface area contributed by atoms with Crippen molar-refractivity contribution in [3.63, 3.8) is 0 Å². The van der Waals surface area contributed by atoms with Crippen LogP contribution in [-0.2, 0) is 10.2 Å². The number of nitrogens with zero attached hydrogens (tertiary/aromatic N) is 1. The van der Waals surface area contributed by atoms with E-state index < -0.39 is 4.92 Å². The molecule has 3 rings (SSSR count). The highest BCUT2D eigenvalue weighted by Gasteiger charge is 2.35. The molecule has 1 aliphatic heterocycles. The summed E-state index contributed by atoms with van der Waals surface area (Å²) in [5.74, 6) is -0.345. The van der Waals surface area contributed by atoms with Crippen LogP contribution in [0, 0.1) is 10.1 Å². The van der Waals surface area contributed by atoms with E-state index >= 15 is 0 Å². The first kappa shape index (κ1) is 17.8. The van der Waals surface area contributed by atoms with Crippen molar-refractivity contribution >= 4 is 34.5 Å². The molecule has 1 aromatic heterocycles. The first-order chi connectivity index (χ1) is 12.0. The lowest BCUT2D eigenvalue weighted by Gasteiger charge is -2.36. The van der Waals surface area contributed by atoms with Gasteiger partial charge in [-0.1, -0.05) is 17.7 Å². The average Bonchev–Trinajstić information content (AvgIpc) is 3.16. The van der Waals surface area contributed by atoms with E-state index in [-0.39, 0.29) is 27.6 Å². The van der Waals surface area contributed by atoms with Gasteiger partial charge in [-0.05, 0) is 36.4 Å². The van der Waals surface area contributed by atoms with Crippen molar-refractivity contribution in [2.45, 2.75) is 18.3 Å². The van der Waals surface area contributed by atoms with Crippen molar-refractivity contribution in [3.05, 3.63) is 61.3 Å². The third-order valence-corrected chi connectivity index (χ3v) is 5.92. The number of thiophene rings is 1. The second kappa shape index (κ2) is 7.51. The van der Waals surface area contributed by atoms with Crippen LogP contribution >= 0.6 is 22.9 Å². The molecule has 0 spiro atoms. The van der Waals surface area contributed by atoms with Crippen LogP contribution in [0.2, 0.25) is 5.02 Å². The zero-order chi connectivity index (χ0) is 17.9. The van der Waals surface area contributed by atoms with Gasteiger partial charge in [0.15, 0.2) is 0 Å². The maximum Gasteiger partial charge on any atom is 0.288 e. The second-order valence-corrected chi connectivity index (χ2v) is 7.33. The molecule has 1 aliphatic rings. The van der Waals surface area contributed by atoms with E-state index in [2.05, 4.69) is 11.4 Å². The van der Waals surface area contributed by atoms with Crippen LogP contribution in [0.1, 0.15) is 28.1 Å². The number of nitro benzene ring substituents is 1. The number of carbonyl (C=O) groups excluding carboxylic acids is 1. The summed E-state index contributed by atoms with van der Waals surface area (Å²) in [5, 5.41) is 16.0. The molecule has 8 heteroatoms. The average molecular weight is 381 g/mol. The number of nitro groups is 1. The van der Waals surface area contributed by atoms with Gasteiger partial charge in [0.1, 0.15) is 5.02 Å². The van der Waals surface area contributed by atoms with Crippen molar-refractivity contribution < 1.29 is 14.5 Å². The largest absolute Gasteiger partial charge is 0.381 e. The fourth-order valence-corrected chi connectivity index (χ4v) is 4.17. The van der Waals surface area contributed by atoms with Gasteiger partial charge in [0.25, 0.3) is 11.6 Å². The zero-order valence-corrected chi connectivity index (χ0v) is 14.9. The van der Waals surface area contributed by atoms with Crippen molar-refractivity contribution in [2.75, 3.05) is 19.8 Å². The molecule has 0 atom stereocenters. The maximum absolute atomic E-state index is 12.5. The third-order valence-electron chi connectivity index (χ3n) is 4.49. The molecule has 1 amide bonds. The molecule has 1 fully saturated rings. The summed E-state index contributed by atoms with van der Waals surface area (Å²) in [6, 6.07) is 8.15. The van der Waals surface area contributed by atoms with Crippen LogP contribution < -0.4 is 5.32 Å². The molecule has 0 aliphatic carbocycles. The Kier molecular flexibility index (Phi) is 5.36. The Balaban J connectivity index is 1.76. The zero-order valence-electron chi connectivity index (χ0n) is 13.4. The number of nitrogens with one attached hydrogen (secondary N) is 1. The summed E-state index contributed by atoms with van der Waals surface area (Å²) >= 11 is 7.47. The lowest BCUT2D eigenvalue weighted by atomic mass is 9.78. The Hall–Kier alpha value is -1.96. The summed E-state index contributed by atoms with van der Waals surface area (Å²) in [6.45, 7) is 1.77. The summed E-state index contributed by atoms with van der Waals surface area (Å²) in [7, 11) is 0. The van der Waals surface area contributed by atoms with Crippen LogP contribution in [-0.4, -0.2) is 30.6 Å². The highest BCUT2D eigenvalue weighted by atomic mass is 35.5. The fraction of sp³-hybridized carbons (Fsp3) is 0.353. The minimum absolute atomic E-state index is 0.0148. The van der Waals surface area contributed by atoms with E-state index in [1.807, 2.05) is 11.4 Å². The molecular weight excluding hydrogens is 364 g/mol. The van der Waals surface area contributed by atoms with Crippen molar-refractivity contribution in [1.29, 1.82) is 0 Å². The first-order valence-corrected chi connectivity index (χ1v) is 9.11. The molecule has 0 radical (unpaired) electrons. The Morgan fingerprint density at radius 3 is 2.76 bits per heavy atom. The van der Waals surface area contributed by atoms with Crippen LogP contribution in [0.15, 0.2) is 35.7 Å². The molecule has 1 N–H and O–H groups in total. The van der Waals surface area contributed by atoms with E-state index in [0.717, 1.165) is 12.8 Å². The van der Waals surface area contributed by atoms with Gasteiger partial charge in [0.2, 0.25) is 0 Å². The van der Waals surface area contributed by atoms with Crippen molar-refractivity contribution in [3.8, 4) is 0 Å². The number of halogens is 1. The van der Waals surface area contributed by atoms with Gasteiger partial charge in [0, 0.05) is 41.7 Å². The summed E-state index contributed by atoms with van der Waals surface area (Å²) in [6.07, 6.45) is 1.66. The summed E-state index contributed by atoms with van der Waals surface area (Å²) in [5.41, 5.74) is -0.196. The molecular formula is C17H17ClN2O4S. The lowest BCUT2D eigenvalue weighted by molar-refractivity contribution is -0.384. The van der Waals surface area contributed by atoms with E-state index in [9.17, 15) is 14.9 Å². The Bertz CT molecular complexity index is 773. The Morgan fingerprint density at radius 2 is 2.12 bits per heavy atom. The molecule has 0 unspecified atom stereocenters. The molecule has 1 aromatic carbocycles. The first-order valence-electron chi connectivity index (χ1n) is 7.86. The van der Waals surface area contributed by atoms with E-state index in [1.54, 1.807) is 11.3 Å². The number of hydrogen-bond acceptors (Lipinski definition) is 5. The normalized spacial score (nSPS) is 16.4. The van der Waals surface area contributed by atoms with Gasteiger partial charge in [0.05, 0.1) is 4.92 Å². The number of ether oxygens (including phenoxy) is 1.